The van der Waals surface area contributed by atoms with Crippen LogP contribution in [0.4, 0.5) is 0 Å². The molecule has 0 fully saturated rings. The van der Waals surface area contributed by atoms with Crippen LogP contribution in [-0.4, -0.2) is 65.8 Å². The number of pyridine rings is 1. The molecular weight excluding hydrogens is 430 g/mol. The van der Waals surface area contributed by atoms with Gasteiger partial charge in [-0.2, -0.15) is 5.10 Å². The first kappa shape index (κ1) is 21.9. The molecule has 8 nitrogen and oxygen atoms in total. The lowest BCUT2D eigenvalue weighted by atomic mass is 10.1. The lowest BCUT2D eigenvalue weighted by Crippen LogP contribution is -2.31. The number of ether oxygens (including phenoxy) is 2. The van der Waals surface area contributed by atoms with E-state index in [9.17, 15) is 4.79 Å². The zero-order chi connectivity index (χ0) is 23.5. The van der Waals surface area contributed by atoms with Crippen molar-refractivity contribution in [1.29, 1.82) is 0 Å². The van der Waals surface area contributed by atoms with Crippen molar-refractivity contribution in [2.24, 2.45) is 0 Å². The van der Waals surface area contributed by atoms with Crippen molar-refractivity contribution < 1.29 is 14.3 Å². The fourth-order valence-corrected chi connectivity index (χ4v) is 3.95. The summed E-state index contributed by atoms with van der Waals surface area (Å²) < 4.78 is 13.2. The van der Waals surface area contributed by atoms with Crippen LogP contribution in [0.3, 0.4) is 0 Å². The van der Waals surface area contributed by atoms with Gasteiger partial charge in [0.25, 0.3) is 5.91 Å². The van der Waals surface area contributed by atoms with E-state index in [4.69, 9.17) is 19.6 Å². The molecule has 0 unspecified atom stereocenters. The van der Waals surface area contributed by atoms with Gasteiger partial charge in [0.15, 0.2) is 23.0 Å². The molecule has 34 heavy (non-hydrogen) atoms. The highest BCUT2D eigenvalue weighted by Gasteiger charge is 2.15. The van der Waals surface area contributed by atoms with E-state index in [-0.39, 0.29) is 5.91 Å². The van der Waals surface area contributed by atoms with Gasteiger partial charge in [0.05, 0.1) is 5.69 Å². The number of hydrogen-bond acceptors (Lipinski definition) is 6. The third kappa shape index (κ3) is 4.72. The van der Waals surface area contributed by atoms with Crippen LogP contribution in [0.25, 0.3) is 16.9 Å². The number of carbonyl (C=O) groups is 1. The second-order valence-corrected chi connectivity index (χ2v) is 8.50. The predicted molar refractivity (Wildman–Crippen MR) is 130 cm³/mol. The Balaban J connectivity index is 1.37. The number of fused-ring (bicyclic) bond motifs is 2. The highest BCUT2D eigenvalue weighted by molar-refractivity contribution is 5.94. The molecule has 1 amide bonds. The van der Waals surface area contributed by atoms with Crippen LogP contribution in [0.5, 0.6) is 11.5 Å². The Bertz CT molecular complexity index is 1330. The van der Waals surface area contributed by atoms with E-state index < -0.39 is 0 Å². The van der Waals surface area contributed by atoms with Crippen LogP contribution in [0.15, 0.2) is 60.7 Å². The van der Waals surface area contributed by atoms with Gasteiger partial charge in [0.1, 0.15) is 13.2 Å². The average molecular weight is 458 g/mol. The topological polar surface area (TPSA) is 81.0 Å². The molecule has 8 heteroatoms. The molecule has 5 rings (SSSR count). The minimum Gasteiger partial charge on any atom is -0.486 e. The van der Waals surface area contributed by atoms with Gasteiger partial charge in [-0.1, -0.05) is 18.2 Å². The molecule has 0 spiro atoms. The van der Waals surface area contributed by atoms with E-state index in [1.165, 1.54) is 0 Å². The van der Waals surface area contributed by atoms with Gasteiger partial charge in [-0.15, -0.1) is 0 Å². The fraction of sp³-hybridized carbons (Fsp3) is 0.269. The highest BCUT2D eigenvalue weighted by atomic mass is 16.6. The normalized spacial score (nSPS) is 12.8. The number of rotatable bonds is 7. The van der Waals surface area contributed by atoms with Gasteiger partial charge in [0, 0.05) is 30.6 Å². The van der Waals surface area contributed by atoms with Crippen molar-refractivity contribution in [3.63, 3.8) is 0 Å². The highest BCUT2D eigenvalue weighted by Crippen LogP contribution is 2.34. The molecule has 0 bridgehead atoms. The van der Waals surface area contributed by atoms with Gasteiger partial charge in [-0.3, -0.25) is 4.79 Å². The monoisotopic (exact) mass is 457 g/mol. The number of nitrogens with one attached hydrogen (secondary N) is 1. The standard InChI is InChI=1S/C26H27N5O3/c1-30(2)12-11-27-26(32)20-6-3-5-18(15-20)16-24-28-25-8-4-7-21(31(25)29-24)19-9-10-22-23(17-19)34-14-13-33-22/h3-10,15,17H,11-14,16H2,1-2H3,(H,27,32). The zero-order valence-corrected chi connectivity index (χ0v) is 19.3. The second-order valence-electron chi connectivity index (χ2n) is 8.50. The van der Waals surface area contributed by atoms with Gasteiger partial charge in [-0.05, 0) is 62.1 Å². The average Bonchev–Trinajstić information content (AvgIpc) is 3.26. The molecule has 2 aromatic carbocycles. The quantitative estimate of drug-likeness (QED) is 0.460. The van der Waals surface area contributed by atoms with Gasteiger partial charge in [-0.25, -0.2) is 9.50 Å². The van der Waals surface area contributed by atoms with E-state index in [0.29, 0.717) is 37.6 Å². The maximum Gasteiger partial charge on any atom is 0.251 e. The summed E-state index contributed by atoms with van der Waals surface area (Å²) in [4.78, 5) is 19.2. The van der Waals surface area contributed by atoms with Crippen LogP contribution in [-0.2, 0) is 6.42 Å². The number of aromatic nitrogens is 3. The molecule has 0 atom stereocenters. The summed E-state index contributed by atoms with van der Waals surface area (Å²) in [6, 6.07) is 19.4. The minimum absolute atomic E-state index is 0.0763. The number of amides is 1. The summed E-state index contributed by atoms with van der Waals surface area (Å²) in [7, 11) is 3.96. The molecule has 2 aromatic heterocycles. The molecular formula is C26H27N5O3. The number of benzene rings is 2. The van der Waals surface area contributed by atoms with Gasteiger partial charge >= 0.3 is 0 Å². The maximum atomic E-state index is 12.5. The van der Waals surface area contributed by atoms with E-state index in [1.54, 1.807) is 0 Å². The van der Waals surface area contributed by atoms with Gasteiger partial charge < -0.3 is 19.7 Å². The number of likely N-dealkylation sites (N-methyl/N-ethyl adjacent to an activating group) is 1. The summed E-state index contributed by atoms with van der Waals surface area (Å²) in [5.41, 5.74) is 4.28. The Hall–Kier alpha value is -3.91. The van der Waals surface area contributed by atoms with Crippen LogP contribution in [0.1, 0.15) is 21.7 Å². The lowest BCUT2D eigenvalue weighted by Gasteiger charge is -2.19. The van der Waals surface area contributed by atoms with Crippen molar-refractivity contribution >= 4 is 11.6 Å². The summed E-state index contributed by atoms with van der Waals surface area (Å²) >= 11 is 0. The van der Waals surface area contributed by atoms with Crippen LogP contribution in [0.2, 0.25) is 0 Å². The maximum absolute atomic E-state index is 12.5. The third-order valence-electron chi connectivity index (χ3n) is 5.64. The smallest absolute Gasteiger partial charge is 0.251 e. The number of hydrogen-bond donors (Lipinski definition) is 1. The predicted octanol–water partition coefficient (Wildman–Crippen LogP) is 3.05. The van der Waals surface area contributed by atoms with Crippen LogP contribution >= 0.6 is 0 Å². The summed E-state index contributed by atoms with van der Waals surface area (Å²) in [6.45, 7) is 2.50. The SMILES string of the molecule is CN(C)CCNC(=O)c1cccc(Cc2nc3cccc(-c4ccc5c(c4)OCCO5)n3n2)c1. The molecule has 1 aliphatic rings. The lowest BCUT2D eigenvalue weighted by molar-refractivity contribution is 0.0951. The second kappa shape index (κ2) is 9.52. The van der Waals surface area contributed by atoms with Crippen molar-refractivity contribution in [2.45, 2.75) is 6.42 Å². The first-order valence-electron chi connectivity index (χ1n) is 11.3. The Morgan fingerprint density at radius 3 is 2.71 bits per heavy atom. The van der Waals surface area contributed by atoms with Crippen molar-refractivity contribution in [3.05, 3.63) is 77.6 Å². The van der Waals surface area contributed by atoms with E-state index in [2.05, 4.69) is 5.32 Å². The largest absolute Gasteiger partial charge is 0.486 e. The molecule has 4 aromatic rings. The first-order chi connectivity index (χ1) is 16.6. The van der Waals surface area contributed by atoms with Crippen molar-refractivity contribution in [2.75, 3.05) is 40.4 Å². The minimum atomic E-state index is -0.0763. The molecule has 0 radical (unpaired) electrons. The van der Waals surface area contributed by atoms with Gasteiger partial charge in [0.2, 0.25) is 0 Å². The van der Waals surface area contributed by atoms with Crippen LogP contribution < -0.4 is 14.8 Å². The summed E-state index contributed by atoms with van der Waals surface area (Å²) in [5, 5.41) is 7.72. The first-order valence-corrected chi connectivity index (χ1v) is 11.3. The number of carbonyl (C=O) groups excluding carboxylic acids is 1. The van der Waals surface area contributed by atoms with E-state index in [0.717, 1.165) is 40.5 Å². The van der Waals surface area contributed by atoms with E-state index >= 15 is 0 Å². The molecule has 3 heterocycles. The molecule has 0 aliphatic carbocycles. The van der Waals surface area contributed by atoms with Crippen molar-refractivity contribution in [1.82, 2.24) is 24.8 Å². The van der Waals surface area contributed by atoms with Crippen molar-refractivity contribution in [3.8, 4) is 22.8 Å². The Labute approximate surface area is 198 Å². The molecule has 0 saturated carbocycles. The molecule has 1 aliphatic heterocycles. The van der Waals surface area contributed by atoms with E-state index in [1.807, 2.05) is 84.2 Å². The Morgan fingerprint density at radius 2 is 1.85 bits per heavy atom. The Morgan fingerprint density at radius 1 is 1.03 bits per heavy atom. The molecule has 1 N–H and O–H groups in total. The zero-order valence-electron chi connectivity index (χ0n) is 19.3. The molecule has 174 valence electrons. The third-order valence-corrected chi connectivity index (χ3v) is 5.64. The number of nitrogens with zero attached hydrogens (tertiary/aromatic N) is 4. The summed E-state index contributed by atoms with van der Waals surface area (Å²) in [5.74, 6) is 2.11. The Kier molecular flexibility index (Phi) is 6.14. The fourth-order valence-electron chi connectivity index (χ4n) is 3.95. The van der Waals surface area contributed by atoms with Crippen LogP contribution in [0, 0.1) is 0 Å². The molecule has 0 saturated heterocycles. The summed E-state index contributed by atoms with van der Waals surface area (Å²) in [6.07, 6.45) is 0.529.